The molecule has 172 valence electrons. The van der Waals surface area contributed by atoms with Gasteiger partial charge in [0, 0.05) is 35.1 Å². The number of hydrogen-bond donors (Lipinski definition) is 1. The predicted octanol–water partition coefficient (Wildman–Crippen LogP) is 6.24. The van der Waals surface area contributed by atoms with Crippen LogP contribution in [0.1, 0.15) is 55.4 Å². The molecule has 0 unspecified atom stereocenters. The molecule has 1 fully saturated rings. The predicted molar refractivity (Wildman–Crippen MR) is 139 cm³/mol. The first-order valence-electron chi connectivity index (χ1n) is 12.0. The molecule has 3 aromatic carbocycles. The van der Waals surface area contributed by atoms with Crippen LogP contribution in [0.2, 0.25) is 0 Å². The summed E-state index contributed by atoms with van der Waals surface area (Å²) in [4.78, 5) is 12.7. The molecule has 0 radical (unpaired) electrons. The summed E-state index contributed by atoms with van der Waals surface area (Å²) in [5, 5.41) is 5.43. The van der Waals surface area contributed by atoms with Crippen molar-refractivity contribution in [3.05, 3.63) is 107 Å². The topological polar surface area (TPSA) is 46.4 Å². The van der Waals surface area contributed by atoms with Crippen molar-refractivity contribution < 1.29 is 4.79 Å². The molecule has 1 aliphatic rings. The molecule has 1 aromatic heterocycles. The van der Waals surface area contributed by atoms with E-state index in [-0.39, 0.29) is 23.2 Å². The Kier molecular flexibility index (Phi) is 5.82. The molecule has 4 nitrogen and oxygen atoms in total. The molecular weight excluding hydrogens is 418 g/mol. The van der Waals surface area contributed by atoms with Crippen LogP contribution < -0.4 is 5.43 Å². The van der Waals surface area contributed by atoms with Crippen LogP contribution in [0.25, 0.3) is 10.9 Å². The second-order valence-corrected chi connectivity index (χ2v) is 10.3. The summed E-state index contributed by atoms with van der Waals surface area (Å²) in [5.41, 5.74) is 8.86. The third-order valence-corrected chi connectivity index (χ3v) is 6.73. The third kappa shape index (κ3) is 4.67. The van der Waals surface area contributed by atoms with Crippen LogP contribution in [0.15, 0.2) is 90.2 Å². The van der Waals surface area contributed by atoms with Gasteiger partial charge in [0.25, 0.3) is 0 Å². The summed E-state index contributed by atoms with van der Waals surface area (Å²) >= 11 is 0. The van der Waals surface area contributed by atoms with E-state index in [0.29, 0.717) is 0 Å². The van der Waals surface area contributed by atoms with Gasteiger partial charge in [0.15, 0.2) is 0 Å². The number of nitrogens with one attached hydrogen (secondary N) is 1. The van der Waals surface area contributed by atoms with Gasteiger partial charge in [0.1, 0.15) is 0 Å². The number of hydrazone groups is 1. The largest absolute Gasteiger partial charge is 0.342 e. The fourth-order valence-electron chi connectivity index (χ4n) is 4.62. The van der Waals surface area contributed by atoms with Crippen molar-refractivity contribution in [1.82, 2.24) is 9.99 Å². The van der Waals surface area contributed by atoms with Gasteiger partial charge >= 0.3 is 0 Å². The molecule has 4 aromatic rings. The van der Waals surface area contributed by atoms with E-state index in [2.05, 4.69) is 103 Å². The summed E-state index contributed by atoms with van der Waals surface area (Å²) in [7, 11) is 0. The highest BCUT2D eigenvalue weighted by Gasteiger charge is 2.44. The van der Waals surface area contributed by atoms with Gasteiger partial charge in [-0.05, 0) is 40.5 Å². The van der Waals surface area contributed by atoms with Gasteiger partial charge in [-0.25, -0.2) is 5.43 Å². The SMILES string of the molecule is CC(C)(C)c1ccc([C@@H]2C[C@H]2C(=O)N/N=C\c2cn(Cc3ccccc3)c3ccccc23)cc1. The molecule has 4 heteroatoms. The molecule has 5 rings (SSSR count). The van der Waals surface area contributed by atoms with Crippen molar-refractivity contribution in [2.45, 2.75) is 45.1 Å². The van der Waals surface area contributed by atoms with Gasteiger partial charge in [-0.3, -0.25) is 4.79 Å². The normalized spacial score (nSPS) is 17.9. The van der Waals surface area contributed by atoms with Gasteiger partial charge in [0.05, 0.1) is 6.21 Å². The molecule has 0 bridgehead atoms. The van der Waals surface area contributed by atoms with E-state index in [1.165, 1.54) is 16.7 Å². The lowest BCUT2D eigenvalue weighted by atomic mass is 9.86. The number of fused-ring (bicyclic) bond motifs is 1. The summed E-state index contributed by atoms with van der Waals surface area (Å²) < 4.78 is 2.23. The maximum atomic E-state index is 12.7. The van der Waals surface area contributed by atoms with Crippen molar-refractivity contribution in [1.29, 1.82) is 0 Å². The van der Waals surface area contributed by atoms with E-state index < -0.39 is 0 Å². The van der Waals surface area contributed by atoms with E-state index in [4.69, 9.17) is 0 Å². The minimum atomic E-state index is -0.00540. The van der Waals surface area contributed by atoms with Crippen molar-refractivity contribution in [3.8, 4) is 0 Å². The molecule has 1 heterocycles. The van der Waals surface area contributed by atoms with Crippen LogP contribution in [-0.2, 0) is 16.8 Å². The highest BCUT2D eigenvalue weighted by molar-refractivity contribution is 5.99. The molecule has 1 aliphatic carbocycles. The summed E-state index contributed by atoms with van der Waals surface area (Å²) in [6.45, 7) is 7.44. The number of aromatic nitrogens is 1. The highest BCUT2D eigenvalue weighted by Crippen LogP contribution is 2.47. The Bertz CT molecular complexity index is 1330. The molecule has 34 heavy (non-hydrogen) atoms. The Hall–Kier alpha value is -3.66. The number of amides is 1. The maximum absolute atomic E-state index is 12.7. The number of nitrogens with zero attached hydrogens (tertiary/aromatic N) is 2. The Labute approximate surface area is 201 Å². The first-order valence-corrected chi connectivity index (χ1v) is 12.0. The Morgan fingerprint density at radius 1 is 1.00 bits per heavy atom. The highest BCUT2D eigenvalue weighted by atomic mass is 16.2. The van der Waals surface area contributed by atoms with Gasteiger partial charge < -0.3 is 4.57 Å². The fraction of sp³-hybridized carbons (Fsp3) is 0.267. The minimum Gasteiger partial charge on any atom is -0.342 e. The number of rotatable bonds is 6. The van der Waals surface area contributed by atoms with E-state index >= 15 is 0 Å². The van der Waals surface area contributed by atoms with Crippen molar-refractivity contribution in [3.63, 3.8) is 0 Å². The van der Waals surface area contributed by atoms with E-state index in [1.807, 2.05) is 18.2 Å². The molecule has 1 saturated carbocycles. The van der Waals surface area contributed by atoms with E-state index in [1.54, 1.807) is 6.21 Å². The quantitative estimate of drug-likeness (QED) is 0.275. The van der Waals surface area contributed by atoms with E-state index in [9.17, 15) is 4.79 Å². The number of para-hydroxylation sites is 1. The molecule has 1 amide bonds. The van der Waals surface area contributed by atoms with E-state index in [0.717, 1.165) is 29.4 Å². The lowest BCUT2D eigenvalue weighted by molar-refractivity contribution is -0.122. The zero-order chi connectivity index (χ0) is 23.7. The van der Waals surface area contributed by atoms with Crippen LogP contribution in [0, 0.1) is 5.92 Å². The maximum Gasteiger partial charge on any atom is 0.243 e. The van der Waals surface area contributed by atoms with Crippen molar-refractivity contribution in [2.75, 3.05) is 0 Å². The summed E-state index contributed by atoms with van der Waals surface area (Å²) in [6, 6.07) is 27.4. The zero-order valence-corrected chi connectivity index (χ0v) is 20.0. The zero-order valence-electron chi connectivity index (χ0n) is 20.0. The first kappa shape index (κ1) is 22.1. The van der Waals surface area contributed by atoms with Gasteiger partial charge in [0.2, 0.25) is 5.91 Å². The average molecular weight is 450 g/mol. The summed E-state index contributed by atoms with van der Waals surface area (Å²) in [5.74, 6) is 0.281. The van der Waals surface area contributed by atoms with Crippen LogP contribution >= 0.6 is 0 Å². The Morgan fingerprint density at radius 2 is 1.71 bits per heavy atom. The lowest BCUT2D eigenvalue weighted by Gasteiger charge is -2.19. The van der Waals surface area contributed by atoms with Gasteiger partial charge in [-0.1, -0.05) is 93.6 Å². The monoisotopic (exact) mass is 449 g/mol. The second kappa shape index (κ2) is 8.94. The lowest BCUT2D eigenvalue weighted by Crippen LogP contribution is -2.20. The first-order chi connectivity index (χ1) is 16.4. The molecule has 0 spiro atoms. The molecule has 0 aliphatic heterocycles. The Balaban J connectivity index is 1.25. The molecular formula is C30H31N3O. The standard InChI is InChI=1S/C30H31N3O/c1-30(2,3)24-15-13-22(14-16-24)26-17-27(26)29(34)32-31-18-23-20-33(19-21-9-5-4-6-10-21)28-12-8-7-11-25(23)28/h4-16,18,20,26-27H,17,19H2,1-3H3,(H,32,34)/b31-18-/t26-,27+/m0/s1. The number of hydrogen-bond acceptors (Lipinski definition) is 2. The van der Waals surface area contributed by atoms with Gasteiger partial charge in [-0.2, -0.15) is 5.10 Å². The smallest absolute Gasteiger partial charge is 0.243 e. The third-order valence-electron chi connectivity index (χ3n) is 6.73. The number of benzene rings is 3. The van der Waals surface area contributed by atoms with Crippen LogP contribution in [0.5, 0.6) is 0 Å². The fourth-order valence-corrected chi connectivity index (χ4v) is 4.62. The molecule has 0 saturated heterocycles. The van der Waals surface area contributed by atoms with Crippen LogP contribution in [-0.4, -0.2) is 16.7 Å². The number of carbonyl (C=O) groups excluding carboxylic acids is 1. The average Bonchev–Trinajstić information content (AvgIpc) is 3.57. The van der Waals surface area contributed by atoms with Crippen LogP contribution in [0.3, 0.4) is 0 Å². The molecule has 1 N–H and O–H groups in total. The van der Waals surface area contributed by atoms with Gasteiger partial charge in [-0.15, -0.1) is 0 Å². The minimum absolute atomic E-state index is 0.00272. The Morgan fingerprint density at radius 3 is 2.44 bits per heavy atom. The summed E-state index contributed by atoms with van der Waals surface area (Å²) in [6.07, 6.45) is 4.74. The van der Waals surface area contributed by atoms with Crippen LogP contribution in [0.4, 0.5) is 0 Å². The van der Waals surface area contributed by atoms with Crippen molar-refractivity contribution in [2.24, 2.45) is 11.0 Å². The molecule has 2 atom stereocenters. The second-order valence-electron chi connectivity index (χ2n) is 10.3. The van der Waals surface area contributed by atoms with Crippen molar-refractivity contribution >= 4 is 23.0 Å². The number of carbonyl (C=O) groups is 1.